The van der Waals surface area contributed by atoms with Gasteiger partial charge in [-0.3, -0.25) is 14.5 Å². The highest BCUT2D eigenvalue weighted by atomic mass is 16.2. The van der Waals surface area contributed by atoms with Gasteiger partial charge in [-0.15, -0.1) is 0 Å². The summed E-state index contributed by atoms with van der Waals surface area (Å²) in [6.07, 6.45) is 0.855. The van der Waals surface area contributed by atoms with E-state index in [2.05, 4.69) is 18.3 Å². The molecule has 1 saturated heterocycles. The van der Waals surface area contributed by atoms with Crippen molar-refractivity contribution in [3.05, 3.63) is 77.1 Å². The molecule has 7 nitrogen and oxygen atoms in total. The van der Waals surface area contributed by atoms with Gasteiger partial charge in [0.05, 0.1) is 17.9 Å². The van der Waals surface area contributed by atoms with Crippen molar-refractivity contribution in [3.63, 3.8) is 0 Å². The summed E-state index contributed by atoms with van der Waals surface area (Å²) < 4.78 is 1.88. The van der Waals surface area contributed by atoms with Crippen molar-refractivity contribution in [3.8, 4) is 5.69 Å². The van der Waals surface area contributed by atoms with Gasteiger partial charge in [0.25, 0.3) is 0 Å². The molecule has 7 heteroatoms. The van der Waals surface area contributed by atoms with Gasteiger partial charge >= 0.3 is 0 Å². The number of rotatable bonds is 4. The predicted molar refractivity (Wildman–Crippen MR) is 127 cm³/mol. The van der Waals surface area contributed by atoms with Gasteiger partial charge in [0.2, 0.25) is 11.8 Å². The van der Waals surface area contributed by atoms with Crippen molar-refractivity contribution >= 4 is 17.5 Å². The number of anilines is 1. The molecule has 3 heterocycles. The van der Waals surface area contributed by atoms with Crippen LogP contribution in [-0.4, -0.2) is 52.2 Å². The summed E-state index contributed by atoms with van der Waals surface area (Å²) in [6.45, 7) is 7.33. The standard InChI is InChI=1S/C26H29N5O2/c1-17-15-20-9-7-8-12-22(20)30(17)23(32)16-29-14-13-27-26(33)25(29)24-18(2)28-31(19(24)3)21-10-5-4-6-11-21/h4-12,17,25H,13-16H2,1-3H3,(H,27,33). The number of carbonyl (C=O) groups excluding carboxylic acids is 2. The molecule has 33 heavy (non-hydrogen) atoms. The van der Waals surface area contributed by atoms with Crippen LogP contribution >= 0.6 is 0 Å². The lowest BCUT2D eigenvalue weighted by atomic mass is 10.00. The molecular formula is C26H29N5O2. The lowest BCUT2D eigenvalue weighted by molar-refractivity contribution is -0.131. The van der Waals surface area contributed by atoms with E-state index in [1.54, 1.807) is 0 Å². The average Bonchev–Trinajstić information content (AvgIpc) is 3.30. The van der Waals surface area contributed by atoms with Gasteiger partial charge in [-0.05, 0) is 51.0 Å². The Balaban J connectivity index is 1.46. The van der Waals surface area contributed by atoms with Gasteiger partial charge in [0.1, 0.15) is 6.04 Å². The minimum Gasteiger partial charge on any atom is -0.353 e. The summed E-state index contributed by atoms with van der Waals surface area (Å²) in [7, 11) is 0. The van der Waals surface area contributed by atoms with Gasteiger partial charge < -0.3 is 10.2 Å². The second kappa shape index (κ2) is 8.48. The van der Waals surface area contributed by atoms with Crippen molar-refractivity contribution in [2.75, 3.05) is 24.5 Å². The number of nitrogens with one attached hydrogen (secondary N) is 1. The lowest BCUT2D eigenvalue weighted by Gasteiger charge is -2.36. The zero-order valence-corrected chi connectivity index (χ0v) is 19.3. The molecule has 1 N–H and O–H groups in total. The maximum absolute atomic E-state index is 13.5. The fourth-order valence-electron chi connectivity index (χ4n) is 5.26. The number of hydrogen-bond donors (Lipinski definition) is 1. The van der Waals surface area contributed by atoms with E-state index in [1.807, 2.05) is 76.9 Å². The smallest absolute Gasteiger partial charge is 0.242 e. The van der Waals surface area contributed by atoms with E-state index in [-0.39, 0.29) is 24.4 Å². The quantitative estimate of drug-likeness (QED) is 0.673. The van der Waals surface area contributed by atoms with Crippen LogP contribution in [0.5, 0.6) is 0 Å². The predicted octanol–water partition coefficient (Wildman–Crippen LogP) is 2.94. The van der Waals surface area contributed by atoms with Crippen LogP contribution in [0, 0.1) is 13.8 Å². The van der Waals surface area contributed by atoms with E-state index >= 15 is 0 Å². The molecule has 2 amide bonds. The number of hydrogen-bond acceptors (Lipinski definition) is 4. The topological polar surface area (TPSA) is 70.5 Å². The summed E-state index contributed by atoms with van der Waals surface area (Å²) in [5, 5.41) is 7.73. The van der Waals surface area contributed by atoms with E-state index in [9.17, 15) is 9.59 Å². The lowest BCUT2D eigenvalue weighted by Crippen LogP contribution is -2.53. The van der Waals surface area contributed by atoms with Crippen LogP contribution in [0.1, 0.15) is 35.5 Å². The largest absolute Gasteiger partial charge is 0.353 e. The highest BCUT2D eigenvalue weighted by molar-refractivity contribution is 5.98. The number of para-hydroxylation sites is 2. The Kier molecular flexibility index (Phi) is 5.50. The number of aryl methyl sites for hydroxylation is 1. The Bertz CT molecular complexity index is 1200. The zero-order chi connectivity index (χ0) is 23.1. The summed E-state index contributed by atoms with van der Waals surface area (Å²) >= 11 is 0. The Morgan fingerprint density at radius 1 is 1.09 bits per heavy atom. The minimum absolute atomic E-state index is 0.0258. The van der Waals surface area contributed by atoms with Crippen LogP contribution in [0.25, 0.3) is 5.69 Å². The molecule has 2 aromatic carbocycles. The molecule has 170 valence electrons. The summed E-state index contributed by atoms with van der Waals surface area (Å²) in [6, 6.07) is 17.5. The molecule has 2 unspecified atom stereocenters. The maximum atomic E-state index is 13.5. The molecule has 2 atom stereocenters. The fraction of sp³-hybridized carbons (Fsp3) is 0.346. The third-order valence-electron chi connectivity index (χ3n) is 6.75. The molecule has 0 bridgehead atoms. The monoisotopic (exact) mass is 443 g/mol. The van der Waals surface area contributed by atoms with Crippen molar-refractivity contribution in [1.29, 1.82) is 0 Å². The first-order chi connectivity index (χ1) is 16.0. The number of benzene rings is 2. The van der Waals surface area contributed by atoms with Gasteiger partial charge in [-0.25, -0.2) is 4.68 Å². The Hall–Kier alpha value is -3.45. The van der Waals surface area contributed by atoms with Gasteiger partial charge in [-0.2, -0.15) is 5.10 Å². The van der Waals surface area contributed by atoms with E-state index in [4.69, 9.17) is 5.10 Å². The first-order valence-corrected chi connectivity index (χ1v) is 11.5. The van der Waals surface area contributed by atoms with Crippen molar-refractivity contribution in [1.82, 2.24) is 20.0 Å². The Morgan fingerprint density at radius 3 is 2.61 bits per heavy atom. The first kappa shape index (κ1) is 21.4. The molecule has 2 aliphatic heterocycles. The van der Waals surface area contributed by atoms with Crippen molar-refractivity contribution in [2.24, 2.45) is 0 Å². The molecule has 0 spiro atoms. The summed E-state index contributed by atoms with van der Waals surface area (Å²) in [5.74, 6) is -0.0550. The normalized spacial score (nSPS) is 20.6. The molecule has 0 radical (unpaired) electrons. The Labute approximate surface area is 194 Å². The van der Waals surface area contributed by atoms with Crippen LogP contribution < -0.4 is 10.2 Å². The third kappa shape index (κ3) is 3.72. The second-order valence-corrected chi connectivity index (χ2v) is 8.94. The first-order valence-electron chi connectivity index (χ1n) is 11.5. The summed E-state index contributed by atoms with van der Waals surface area (Å²) in [5.41, 5.74) is 5.72. The van der Waals surface area contributed by atoms with Gasteiger partial charge in [0.15, 0.2) is 0 Å². The molecule has 2 aliphatic rings. The molecule has 0 aliphatic carbocycles. The average molecular weight is 444 g/mol. The fourth-order valence-corrected chi connectivity index (χ4v) is 5.26. The second-order valence-electron chi connectivity index (χ2n) is 8.94. The third-order valence-corrected chi connectivity index (χ3v) is 6.75. The SMILES string of the molecule is Cc1nn(-c2ccccc2)c(C)c1C1C(=O)NCCN1CC(=O)N1c2ccccc2CC1C. The van der Waals surface area contributed by atoms with Crippen LogP contribution in [0.15, 0.2) is 54.6 Å². The van der Waals surface area contributed by atoms with Crippen molar-refractivity contribution in [2.45, 2.75) is 39.3 Å². The molecule has 1 fully saturated rings. The number of aromatic nitrogens is 2. The maximum Gasteiger partial charge on any atom is 0.242 e. The number of carbonyl (C=O) groups is 2. The molecular weight excluding hydrogens is 414 g/mol. The highest BCUT2D eigenvalue weighted by Gasteiger charge is 2.38. The van der Waals surface area contributed by atoms with E-state index in [0.717, 1.165) is 34.7 Å². The zero-order valence-electron chi connectivity index (χ0n) is 19.3. The molecule has 3 aromatic rings. The Morgan fingerprint density at radius 2 is 1.82 bits per heavy atom. The van der Waals surface area contributed by atoms with Crippen molar-refractivity contribution < 1.29 is 9.59 Å². The van der Waals surface area contributed by atoms with Crippen LogP contribution in [0.2, 0.25) is 0 Å². The summed E-state index contributed by atoms with van der Waals surface area (Å²) in [4.78, 5) is 30.5. The number of piperazine rings is 1. The number of nitrogens with zero attached hydrogens (tertiary/aromatic N) is 4. The van der Waals surface area contributed by atoms with Gasteiger partial charge in [-0.1, -0.05) is 36.4 Å². The van der Waals surface area contributed by atoms with Crippen LogP contribution in [-0.2, 0) is 16.0 Å². The minimum atomic E-state index is -0.548. The van der Waals surface area contributed by atoms with Crippen LogP contribution in [0.4, 0.5) is 5.69 Å². The molecule has 5 rings (SSSR count). The molecule has 1 aromatic heterocycles. The number of fused-ring (bicyclic) bond motifs is 1. The highest BCUT2D eigenvalue weighted by Crippen LogP contribution is 2.34. The van der Waals surface area contributed by atoms with Gasteiger partial charge in [0, 0.05) is 36.1 Å². The number of amides is 2. The molecule has 0 saturated carbocycles. The van der Waals surface area contributed by atoms with E-state index in [1.165, 1.54) is 5.56 Å². The van der Waals surface area contributed by atoms with E-state index < -0.39 is 6.04 Å². The van der Waals surface area contributed by atoms with E-state index in [0.29, 0.717) is 13.1 Å². The van der Waals surface area contributed by atoms with Crippen LogP contribution in [0.3, 0.4) is 0 Å².